The van der Waals surface area contributed by atoms with Crippen LogP contribution in [0.4, 0.5) is 0 Å². The summed E-state index contributed by atoms with van der Waals surface area (Å²) in [6.07, 6.45) is 0. The van der Waals surface area contributed by atoms with Gasteiger partial charge in [-0.05, 0) is 24.6 Å². The van der Waals surface area contributed by atoms with Gasteiger partial charge in [-0.25, -0.2) is 4.79 Å². The number of esters is 1. The maximum absolute atomic E-state index is 11.3. The lowest BCUT2D eigenvalue weighted by molar-refractivity contribution is 0.0600. The molecule has 0 aliphatic heterocycles. The molecular formula is C10H9NO2S. The Morgan fingerprint density at radius 1 is 1.57 bits per heavy atom. The smallest absolute Gasteiger partial charge is 0.339 e. The molecule has 1 aromatic carbocycles. The van der Waals surface area contributed by atoms with Gasteiger partial charge in [0.2, 0.25) is 0 Å². The van der Waals surface area contributed by atoms with Crippen molar-refractivity contribution in [2.45, 2.75) is 11.8 Å². The van der Waals surface area contributed by atoms with Crippen LogP contribution in [-0.2, 0) is 4.74 Å². The first-order valence-electron chi connectivity index (χ1n) is 3.92. The van der Waals surface area contributed by atoms with Crippen molar-refractivity contribution in [3.63, 3.8) is 0 Å². The summed E-state index contributed by atoms with van der Waals surface area (Å²) in [6, 6.07) is 5.18. The van der Waals surface area contributed by atoms with E-state index in [0.29, 0.717) is 16.0 Å². The Kier molecular flexibility index (Phi) is 3.15. The predicted octanol–water partition coefficient (Wildman–Crippen LogP) is 1.94. The number of nitriles is 1. The lowest BCUT2D eigenvalue weighted by Crippen LogP contribution is -2.05. The van der Waals surface area contributed by atoms with Crippen molar-refractivity contribution >= 4 is 18.6 Å². The minimum atomic E-state index is -0.502. The molecule has 0 saturated heterocycles. The van der Waals surface area contributed by atoms with Crippen LogP contribution in [0.2, 0.25) is 0 Å². The van der Waals surface area contributed by atoms with Gasteiger partial charge in [-0.15, -0.1) is 12.6 Å². The average Bonchev–Trinajstić information content (AvgIpc) is 2.20. The van der Waals surface area contributed by atoms with Crippen molar-refractivity contribution in [2.75, 3.05) is 7.11 Å². The Labute approximate surface area is 87.7 Å². The number of rotatable bonds is 1. The minimum Gasteiger partial charge on any atom is -0.465 e. The van der Waals surface area contributed by atoms with E-state index in [9.17, 15) is 4.79 Å². The fourth-order valence-corrected chi connectivity index (χ4v) is 1.31. The normalized spacial score (nSPS) is 9.29. The average molecular weight is 207 g/mol. The van der Waals surface area contributed by atoms with Gasteiger partial charge in [0.25, 0.3) is 0 Å². The largest absolute Gasteiger partial charge is 0.465 e. The third kappa shape index (κ3) is 1.73. The van der Waals surface area contributed by atoms with Crippen LogP contribution in [-0.4, -0.2) is 13.1 Å². The summed E-state index contributed by atoms with van der Waals surface area (Å²) in [6.45, 7) is 1.74. The molecule has 0 N–H and O–H groups in total. The van der Waals surface area contributed by atoms with Gasteiger partial charge in [-0.3, -0.25) is 0 Å². The summed E-state index contributed by atoms with van der Waals surface area (Å²) >= 11 is 4.16. The number of hydrogen-bond donors (Lipinski definition) is 1. The van der Waals surface area contributed by atoms with Crippen molar-refractivity contribution in [3.05, 3.63) is 28.8 Å². The van der Waals surface area contributed by atoms with Crippen LogP contribution in [0.3, 0.4) is 0 Å². The van der Waals surface area contributed by atoms with Crippen LogP contribution in [0.25, 0.3) is 0 Å². The minimum absolute atomic E-state index is 0.283. The van der Waals surface area contributed by atoms with Crippen molar-refractivity contribution in [1.29, 1.82) is 5.26 Å². The molecule has 1 rings (SSSR count). The van der Waals surface area contributed by atoms with Crippen LogP contribution < -0.4 is 0 Å². The molecule has 14 heavy (non-hydrogen) atoms. The van der Waals surface area contributed by atoms with Crippen LogP contribution >= 0.6 is 12.6 Å². The van der Waals surface area contributed by atoms with Crippen molar-refractivity contribution in [3.8, 4) is 6.07 Å². The van der Waals surface area contributed by atoms with E-state index in [1.54, 1.807) is 19.1 Å². The predicted molar refractivity (Wildman–Crippen MR) is 54.5 cm³/mol. The van der Waals surface area contributed by atoms with Crippen LogP contribution in [0.15, 0.2) is 17.0 Å². The number of methoxy groups -OCH3 is 1. The molecule has 0 amide bonds. The first-order valence-corrected chi connectivity index (χ1v) is 4.37. The monoisotopic (exact) mass is 207 g/mol. The fourth-order valence-electron chi connectivity index (χ4n) is 1.12. The second-order valence-electron chi connectivity index (χ2n) is 2.74. The number of carbonyl (C=O) groups is 1. The molecule has 0 spiro atoms. The van der Waals surface area contributed by atoms with E-state index in [1.807, 2.05) is 6.07 Å². The molecule has 0 heterocycles. The summed E-state index contributed by atoms with van der Waals surface area (Å²) < 4.78 is 4.56. The molecule has 0 aromatic heterocycles. The zero-order chi connectivity index (χ0) is 10.7. The van der Waals surface area contributed by atoms with E-state index in [2.05, 4.69) is 17.4 Å². The van der Waals surface area contributed by atoms with Crippen LogP contribution in [0.5, 0.6) is 0 Å². The highest BCUT2D eigenvalue weighted by atomic mass is 32.1. The Morgan fingerprint density at radius 3 is 2.71 bits per heavy atom. The summed E-state index contributed by atoms with van der Waals surface area (Å²) in [7, 11) is 1.29. The molecule has 0 fully saturated rings. The molecule has 0 unspecified atom stereocenters. The Balaban J connectivity index is 3.40. The van der Waals surface area contributed by atoms with Gasteiger partial charge in [-0.2, -0.15) is 5.26 Å². The topological polar surface area (TPSA) is 50.1 Å². The van der Waals surface area contributed by atoms with Gasteiger partial charge >= 0.3 is 5.97 Å². The molecule has 0 radical (unpaired) electrons. The van der Waals surface area contributed by atoms with Crippen LogP contribution in [0, 0.1) is 18.3 Å². The van der Waals surface area contributed by atoms with E-state index in [0.717, 1.165) is 0 Å². The molecule has 0 saturated carbocycles. The summed E-state index contributed by atoms with van der Waals surface area (Å²) in [5.41, 5.74) is 1.30. The Bertz CT molecular complexity index is 421. The molecule has 4 heteroatoms. The molecule has 0 bridgehead atoms. The lowest BCUT2D eigenvalue weighted by atomic mass is 10.0. The summed E-state index contributed by atoms with van der Waals surface area (Å²) in [5, 5.41) is 8.88. The lowest BCUT2D eigenvalue weighted by Gasteiger charge is -2.06. The molecular weight excluding hydrogens is 198 g/mol. The van der Waals surface area contributed by atoms with Gasteiger partial charge in [0.1, 0.15) is 6.07 Å². The second kappa shape index (κ2) is 4.16. The van der Waals surface area contributed by atoms with E-state index in [4.69, 9.17) is 5.26 Å². The second-order valence-corrected chi connectivity index (χ2v) is 3.22. The summed E-state index contributed by atoms with van der Waals surface area (Å²) in [5.74, 6) is -0.502. The standard InChI is InChI=1S/C10H9NO2S/c1-6-8(5-11)7(10(12)13-2)3-4-9(6)14/h3-4,14H,1-2H3. The molecule has 1 aromatic rings. The van der Waals surface area contributed by atoms with Gasteiger partial charge in [0.05, 0.1) is 18.2 Å². The van der Waals surface area contributed by atoms with Gasteiger partial charge in [0.15, 0.2) is 0 Å². The highest BCUT2D eigenvalue weighted by Crippen LogP contribution is 2.21. The number of ether oxygens (including phenoxy) is 1. The number of carbonyl (C=O) groups excluding carboxylic acids is 1. The van der Waals surface area contributed by atoms with E-state index in [-0.39, 0.29) is 5.56 Å². The fraction of sp³-hybridized carbons (Fsp3) is 0.200. The highest BCUT2D eigenvalue weighted by Gasteiger charge is 2.14. The molecule has 0 atom stereocenters. The zero-order valence-corrected chi connectivity index (χ0v) is 8.76. The maximum Gasteiger partial charge on any atom is 0.339 e. The molecule has 0 aliphatic carbocycles. The van der Waals surface area contributed by atoms with Crippen molar-refractivity contribution in [2.24, 2.45) is 0 Å². The van der Waals surface area contributed by atoms with E-state index >= 15 is 0 Å². The molecule has 72 valence electrons. The van der Waals surface area contributed by atoms with Gasteiger partial charge < -0.3 is 4.74 Å². The molecule has 0 aliphatic rings. The number of hydrogen-bond acceptors (Lipinski definition) is 4. The van der Waals surface area contributed by atoms with Crippen molar-refractivity contribution < 1.29 is 9.53 Å². The van der Waals surface area contributed by atoms with E-state index in [1.165, 1.54) is 7.11 Å². The molecule has 3 nitrogen and oxygen atoms in total. The first kappa shape index (κ1) is 10.6. The van der Waals surface area contributed by atoms with Gasteiger partial charge in [-0.1, -0.05) is 0 Å². The first-order chi connectivity index (χ1) is 6.61. The maximum atomic E-state index is 11.3. The van der Waals surface area contributed by atoms with Gasteiger partial charge in [0, 0.05) is 4.90 Å². The SMILES string of the molecule is COC(=O)c1ccc(S)c(C)c1C#N. The Hall–Kier alpha value is -1.47. The number of nitrogens with zero attached hydrogens (tertiary/aromatic N) is 1. The number of thiol groups is 1. The summed E-state index contributed by atoms with van der Waals surface area (Å²) in [4.78, 5) is 11.9. The third-order valence-corrected chi connectivity index (χ3v) is 2.44. The quantitative estimate of drug-likeness (QED) is 0.565. The van der Waals surface area contributed by atoms with Crippen molar-refractivity contribution in [1.82, 2.24) is 0 Å². The highest BCUT2D eigenvalue weighted by molar-refractivity contribution is 7.80. The third-order valence-electron chi connectivity index (χ3n) is 1.95. The van der Waals surface area contributed by atoms with Crippen LogP contribution in [0.1, 0.15) is 21.5 Å². The number of benzene rings is 1. The van der Waals surface area contributed by atoms with E-state index < -0.39 is 5.97 Å². The zero-order valence-electron chi connectivity index (χ0n) is 7.87. The Morgan fingerprint density at radius 2 is 2.21 bits per heavy atom.